The number of nitrogens with two attached hydrogens (primary N) is 2. The van der Waals surface area contributed by atoms with Gasteiger partial charge in [0.1, 0.15) is 5.54 Å². The molecule has 1 heterocycles. The number of hydrogen-bond acceptors (Lipinski definition) is 3. The second-order valence-electron chi connectivity index (χ2n) is 3.57. The van der Waals surface area contributed by atoms with Crippen molar-refractivity contribution in [3.05, 3.63) is 23.9 Å². The molecular weight excluding hydrogens is 239 g/mol. The number of halogens is 3. The molecular formula is C9H10F3N3O2. The van der Waals surface area contributed by atoms with E-state index in [1.54, 1.807) is 0 Å². The number of amides is 2. The molecule has 0 aromatic heterocycles. The lowest BCUT2D eigenvalue weighted by Crippen LogP contribution is -2.55. The molecule has 1 unspecified atom stereocenters. The van der Waals surface area contributed by atoms with E-state index in [-0.39, 0.29) is 5.57 Å². The fraction of sp³-hybridized carbons (Fsp3) is 0.333. The Labute approximate surface area is 94.3 Å². The molecule has 1 aliphatic heterocycles. The fourth-order valence-electron chi connectivity index (χ4n) is 1.35. The Morgan fingerprint density at radius 3 is 2.24 bits per heavy atom. The third-order valence-corrected chi connectivity index (χ3v) is 2.24. The molecule has 94 valence electrons. The zero-order valence-corrected chi connectivity index (χ0v) is 8.54. The van der Waals surface area contributed by atoms with Crippen molar-refractivity contribution in [2.45, 2.75) is 18.1 Å². The van der Waals surface area contributed by atoms with Crippen LogP contribution in [-0.4, -0.2) is 23.5 Å². The number of dihydropyridines is 1. The zero-order chi connectivity index (χ0) is 13.3. The molecule has 0 radical (unpaired) electrons. The average molecular weight is 249 g/mol. The van der Waals surface area contributed by atoms with Crippen LogP contribution in [0.4, 0.5) is 13.2 Å². The molecule has 1 rings (SSSR count). The molecule has 0 bridgehead atoms. The van der Waals surface area contributed by atoms with E-state index >= 15 is 0 Å². The van der Waals surface area contributed by atoms with Crippen molar-refractivity contribution in [3.8, 4) is 0 Å². The van der Waals surface area contributed by atoms with Crippen molar-refractivity contribution in [1.29, 1.82) is 0 Å². The molecule has 2 amide bonds. The summed E-state index contributed by atoms with van der Waals surface area (Å²) >= 11 is 0. The van der Waals surface area contributed by atoms with Crippen LogP contribution in [0.25, 0.3) is 0 Å². The van der Waals surface area contributed by atoms with Gasteiger partial charge in [-0.15, -0.1) is 0 Å². The molecule has 1 atom stereocenters. The fourth-order valence-corrected chi connectivity index (χ4v) is 1.35. The predicted octanol–water partition coefficient (Wildman–Crippen LogP) is -0.309. The molecule has 0 saturated heterocycles. The first-order valence-electron chi connectivity index (χ1n) is 4.50. The van der Waals surface area contributed by atoms with Gasteiger partial charge in [0, 0.05) is 6.20 Å². The summed E-state index contributed by atoms with van der Waals surface area (Å²) in [7, 11) is 0. The van der Waals surface area contributed by atoms with Crippen LogP contribution in [0.15, 0.2) is 23.9 Å². The summed E-state index contributed by atoms with van der Waals surface area (Å²) in [5.41, 5.74) is 7.74. The number of carbonyl (C=O) groups excluding carboxylic acids is 2. The van der Waals surface area contributed by atoms with Gasteiger partial charge >= 0.3 is 6.18 Å². The Bertz CT molecular complexity index is 414. The highest BCUT2D eigenvalue weighted by Gasteiger charge is 2.45. The van der Waals surface area contributed by atoms with Crippen molar-refractivity contribution in [2.75, 3.05) is 0 Å². The molecule has 0 aliphatic carbocycles. The van der Waals surface area contributed by atoms with E-state index in [1.807, 2.05) is 0 Å². The van der Waals surface area contributed by atoms with Gasteiger partial charge in [0.15, 0.2) is 0 Å². The van der Waals surface area contributed by atoms with E-state index in [2.05, 4.69) is 5.32 Å². The van der Waals surface area contributed by atoms with Gasteiger partial charge in [0.2, 0.25) is 11.8 Å². The quantitative estimate of drug-likeness (QED) is 0.640. The van der Waals surface area contributed by atoms with Gasteiger partial charge < -0.3 is 16.8 Å². The van der Waals surface area contributed by atoms with E-state index in [0.29, 0.717) is 0 Å². The van der Waals surface area contributed by atoms with Crippen LogP contribution >= 0.6 is 0 Å². The maximum atomic E-state index is 12.3. The van der Waals surface area contributed by atoms with Gasteiger partial charge in [0.25, 0.3) is 0 Å². The molecule has 0 aromatic carbocycles. The lowest BCUT2D eigenvalue weighted by molar-refractivity contribution is -0.154. The van der Waals surface area contributed by atoms with Gasteiger partial charge in [-0.3, -0.25) is 9.59 Å². The zero-order valence-electron chi connectivity index (χ0n) is 8.54. The van der Waals surface area contributed by atoms with E-state index < -0.39 is 30.0 Å². The van der Waals surface area contributed by atoms with Gasteiger partial charge in [-0.2, -0.15) is 13.2 Å². The normalized spacial score (nSPS) is 23.8. The van der Waals surface area contributed by atoms with E-state index in [9.17, 15) is 22.8 Å². The summed E-state index contributed by atoms with van der Waals surface area (Å²) in [6.07, 6.45) is -3.17. The second kappa shape index (κ2) is 4.11. The van der Waals surface area contributed by atoms with Crippen LogP contribution in [0.1, 0.15) is 6.42 Å². The number of primary amides is 2. The van der Waals surface area contributed by atoms with Crippen molar-refractivity contribution in [1.82, 2.24) is 5.32 Å². The largest absolute Gasteiger partial charge is 0.392 e. The average Bonchev–Trinajstić information content (AvgIpc) is 2.15. The summed E-state index contributed by atoms with van der Waals surface area (Å²) in [6, 6.07) is 0. The van der Waals surface area contributed by atoms with Crippen molar-refractivity contribution >= 4 is 11.8 Å². The molecule has 5 N–H and O–H groups in total. The lowest BCUT2D eigenvalue weighted by atomic mass is 9.90. The molecule has 5 nitrogen and oxygen atoms in total. The highest BCUT2D eigenvalue weighted by atomic mass is 19.4. The second-order valence-corrected chi connectivity index (χ2v) is 3.57. The first kappa shape index (κ1) is 13.1. The number of carbonyl (C=O) groups is 2. The maximum Gasteiger partial charge on any atom is 0.392 e. The van der Waals surface area contributed by atoms with Gasteiger partial charge in [-0.25, -0.2) is 0 Å². The van der Waals surface area contributed by atoms with Gasteiger partial charge in [0.05, 0.1) is 12.0 Å². The Morgan fingerprint density at radius 1 is 1.35 bits per heavy atom. The summed E-state index contributed by atoms with van der Waals surface area (Å²) < 4.78 is 36.9. The van der Waals surface area contributed by atoms with Crippen LogP contribution in [0, 0.1) is 0 Å². The monoisotopic (exact) mass is 249 g/mol. The van der Waals surface area contributed by atoms with Crippen molar-refractivity contribution in [3.63, 3.8) is 0 Å². The van der Waals surface area contributed by atoms with Crippen molar-refractivity contribution in [2.24, 2.45) is 11.5 Å². The topological polar surface area (TPSA) is 98.2 Å². The van der Waals surface area contributed by atoms with E-state index in [0.717, 1.165) is 18.4 Å². The summed E-state index contributed by atoms with van der Waals surface area (Å²) in [5, 5.41) is 2.18. The minimum Gasteiger partial charge on any atom is -0.373 e. The van der Waals surface area contributed by atoms with Gasteiger partial charge in [-0.05, 0) is 12.2 Å². The third-order valence-electron chi connectivity index (χ3n) is 2.24. The first-order valence-corrected chi connectivity index (χ1v) is 4.50. The Morgan fingerprint density at radius 2 is 1.94 bits per heavy atom. The smallest absolute Gasteiger partial charge is 0.373 e. The number of alkyl halides is 3. The summed E-state index contributed by atoms with van der Waals surface area (Å²) in [6.45, 7) is 0. The molecule has 8 heteroatoms. The number of rotatable bonds is 3. The maximum absolute atomic E-state index is 12.3. The molecule has 1 aliphatic rings. The number of hydrogen-bond donors (Lipinski definition) is 3. The lowest BCUT2D eigenvalue weighted by Gasteiger charge is -2.31. The highest BCUT2D eigenvalue weighted by Crippen LogP contribution is 2.30. The predicted molar refractivity (Wildman–Crippen MR) is 52.2 cm³/mol. The first-order chi connectivity index (χ1) is 7.66. The third kappa shape index (κ3) is 2.99. The van der Waals surface area contributed by atoms with E-state index in [4.69, 9.17) is 11.5 Å². The molecule has 0 aromatic rings. The molecule has 0 saturated carbocycles. The van der Waals surface area contributed by atoms with Crippen LogP contribution in [-0.2, 0) is 9.59 Å². The molecule has 17 heavy (non-hydrogen) atoms. The molecule has 0 spiro atoms. The standard InChI is InChI=1S/C9H10F3N3O2/c10-9(11,12)4-8(7(14)17)2-1-5(3-15-8)6(13)16/h1-3,15H,4H2,(H2,13,16)(H2,14,17). The van der Waals surface area contributed by atoms with Gasteiger partial charge in [-0.1, -0.05) is 0 Å². The van der Waals surface area contributed by atoms with E-state index in [1.165, 1.54) is 0 Å². The SMILES string of the molecule is NC(=O)C1=CNC(CC(F)(F)F)(C(N)=O)C=C1. The molecule has 0 fully saturated rings. The van der Waals surface area contributed by atoms with Crippen LogP contribution in [0.2, 0.25) is 0 Å². The Kier molecular flexibility index (Phi) is 3.16. The highest BCUT2D eigenvalue weighted by molar-refractivity contribution is 5.96. The Hall–Kier alpha value is -1.99. The number of nitrogens with one attached hydrogen (secondary N) is 1. The minimum absolute atomic E-state index is 0.0379. The minimum atomic E-state index is -4.58. The van der Waals surface area contributed by atoms with Crippen LogP contribution < -0.4 is 16.8 Å². The Balaban J connectivity index is 2.98. The van der Waals surface area contributed by atoms with Crippen LogP contribution in [0.5, 0.6) is 0 Å². The summed E-state index contributed by atoms with van der Waals surface area (Å²) in [5.74, 6) is -2.01. The van der Waals surface area contributed by atoms with Crippen LogP contribution in [0.3, 0.4) is 0 Å². The van der Waals surface area contributed by atoms with Crippen molar-refractivity contribution < 1.29 is 22.8 Å². The summed E-state index contributed by atoms with van der Waals surface area (Å²) in [4.78, 5) is 21.8.